The highest BCUT2D eigenvalue weighted by molar-refractivity contribution is 9.10. The molecule has 0 atom stereocenters. The van der Waals surface area contributed by atoms with Crippen LogP contribution in [-0.4, -0.2) is 18.1 Å². The molecular weight excluding hydrogens is 308 g/mol. The highest BCUT2D eigenvalue weighted by Gasteiger charge is 2.18. The van der Waals surface area contributed by atoms with Gasteiger partial charge in [-0.2, -0.15) is 0 Å². The van der Waals surface area contributed by atoms with Crippen molar-refractivity contribution in [3.8, 4) is 5.75 Å². The highest BCUT2D eigenvalue weighted by atomic mass is 79.9. The van der Waals surface area contributed by atoms with Gasteiger partial charge in [-0.3, -0.25) is 4.79 Å². The lowest BCUT2D eigenvalue weighted by Crippen LogP contribution is -2.44. The van der Waals surface area contributed by atoms with E-state index >= 15 is 0 Å². The zero-order chi connectivity index (χ0) is 14.5. The van der Waals surface area contributed by atoms with Crippen molar-refractivity contribution in [3.05, 3.63) is 28.2 Å². The van der Waals surface area contributed by atoms with Crippen molar-refractivity contribution < 1.29 is 9.53 Å². The van der Waals surface area contributed by atoms with Crippen molar-refractivity contribution in [2.45, 2.75) is 39.3 Å². The number of amides is 1. The first-order chi connectivity index (χ1) is 8.88. The normalized spacial score (nSPS) is 11.2. The molecule has 3 N–H and O–H groups in total. The topological polar surface area (TPSA) is 64.3 Å². The van der Waals surface area contributed by atoms with Crippen LogP contribution in [0, 0.1) is 0 Å². The van der Waals surface area contributed by atoms with Gasteiger partial charge in [-0.1, -0.05) is 13.0 Å². The van der Waals surface area contributed by atoms with E-state index in [2.05, 4.69) is 21.2 Å². The Hall–Kier alpha value is -1.07. The Morgan fingerprint density at radius 1 is 1.47 bits per heavy atom. The number of rotatable bonds is 6. The summed E-state index contributed by atoms with van der Waals surface area (Å²) in [7, 11) is 0. The van der Waals surface area contributed by atoms with Gasteiger partial charge in [-0.25, -0.2) is 0 Å². The maximum Gasteiger partial charge on any atom is 0.258 e. The lowest BCUT2D eigenvalue weighted by Gasteiger charge is -2.24. The predicted octanol–water partition coefficient (Wildman–Crippen LogP) is 2.59. The second-order valence-electron chi connectivity index (χ2n) is 5.04. The molecule has 0 saturated heterocycles. The van der Waals surface area contributed by atoms with Gasteiger partial charge in [0.15, 0.2) is 6.61 Å². The Morgan fingerprint density at radius 2 is 2.16 bits per heavy atom. The van der Waals surface area contributed by atoms with E-state index in [4.69, 9.17) is 10.5 Å². The summed E-state index contributed by atoms with van der Waals surface area (Å²) in [6, 6.07) is 5.59. The first kappa shape index (κ1) is 16.0. The van der Waals surface area contributed by atoms with E-state index in [0.29, 0.717) is 12.3 Å². The zero-order valence-corrected chi connectivity index (χ0v) is 13.2. The molecule has 0 fully saturated rings. The molecule has 0 aliphatic rings. The van der Waals surface area contributed by atoms with Crippen LogP contribution in [0.1, 0.15) is 32.8 Å². The van der Waals surface area contributed by atoms with Crippen molar-refractivity contribution in [1.29, 1.82) is 0 Å². The number of halogens is 1. The van der Waals surface area contributed by atoms with E-state index in [-0.39, 0.29) is 18.1 Å². The number of nitrogens with one attached hydrogen (secondary N) is 1. The molecule has 1 rings (SSSR count). The minimum absolute atomic E-state index is 0.00397. The Labute approximate surface area is 122 Å². The SMILES string of the molecule is CCC(C)(C)NC(=O)COc1ccc(CN)cc1Br. The van der Waals surface area contributed by atoms with E-state index in [0.717, 1.165) is 16.5 Å². The quantitative estimate of drug-likeness (QED) is 0.843. The second-order valence-corrected chi connectivity index (χ2v) is 5.90. The monoisotopic (exact) mass is 328 g/mol. The molecule has 19 heavy (non-hydrogen) atoms. The minimum atomic E-state index is -0.207. The average Bonchev–Trinajstić information content (AvgIpc) is 2.36. The third-order valence-corrected chi connectivity index (χ3v) is 3.57. The molecule has 4 nitrogen and oxygen atoms in total. The van der Waals surface area contributed by atoms with Crippen LogP contribution >= 0.6 is 15.9 Å². The maximum absolute atomic E-state index is 11.8. The molecular formula is C14H21BrN2O2. The summed E-state index contributed by atoms with van der Waals surface area (Å²) in [6.07, 6.45) is 0.869. The third-order valence-electron chi connectivity index (χ3n) is 2.95. The van der Waals surface area contributed by atoms with Crippen molar-refractivity contribution >= 4 is 21.8 Å². The van der Waals surface area contributed by atoms with Crippen molar-refractivity contribution in [2.24, 2.45) is 5.73 Å². The molecule has 0 radical (unpaired) electrons. The van der Waals surface area contributed by atoms with Gasteiger partial charge in [0, 0.05) is 12.1 Å². The lowest BCUT2D eigenvalue weighted by atomic mass is 10.0. The molecule has 0 heterocycles. The fraction of sp³-hybridized carbons (Fsp3) is 0.500. The smallest absolute Gasteiger partial charge is 0.258 e. The molecule has 0 spiro atoms. The minimum Gasteiger partial charge on any atom is -0.483 e. The van der Waals surface area contributed by atoms with Gasteiger partial charge in [-0.15, -0.1) is 0 Å². The number of benzene rings is 1. The summed E-state index contributed by atoms with van der Waals surface area (Å²) in [5.74, 6) is 0.517. The molecule has 0 unspecified atom stereocenters. The van der Waals surface area contributed by atoms with Crippen LogP contribution in [0.15, 0.2) is 22.7 Å². The molecule has 1 aromatic carbocycles. The molecule has 0 aromatic heterocycles. The van der Waals surface area contributed by atoms with Crippen LogP contribution in [0.25, 0.3) is 0 Å². The van der Waals surface area contributed by atoms with Crippen molar-refractivity contribution in [3.63, 3.8) is 0 Å². The molecule has 106 valence electrons. The average molecular weight is 329 g/mol. The second kappa shape index (κ2) is 6.91. The first-order valence-corrected chi connectivity index (χ1v) is 7.09. The maximum atomic E-state index is 11.8. The lowest BCUT2D eigenvalue weighted by molar-refractivity contribution is -0.124. The number of ether oxygens (including phenoxy) is 1. The van der Waals surface area contributed by atoms with Gasteiger partial charge in [0.2, 0.25) is 0 Å². The first-order valence-electron chi connectivity index (χ1n) is 6.30. The van der Waals surface area contributed by atoms with Crippen molar-refractivity contribution in [1.82, 2.24) is 5.32 Å². The van der Waals surface area contributed by atoms with Gasteiger partial charge in [0.25, 0.3) is 5.91 Å². The summed E-state index contributed by atoms with van der Waals surface area (Å²) < 4.78 is 6.29. The fourth-order valence-corrected chi connectivity index (χ4v) is 1.97. The number of carbonyl (C=O) groups excluding carboxylic acids is 1. The Morgan fingerprint density at radius 3 is 2.68 bits per heavy atom. The van der Waals surface area contributed by atoms with Gasteiger partial charge in [0.1, 0.15) is 5.75 Å². The van der Waals surface area contributed by atoms with Gasteiger partial charge < -0.3 is 15.8 Å². The summed E-state index contributed by atoms with van der Waals surface area (Å²) >= 11 is 3.40. The van der Waals surface area contributed by atoms with Crippen LogP contribution in [0.4, 0.5) is 0 Å². The highest BCUT2D eigenvalue weighted by Crippen LogP contribution is 2.25. The van der Waals surface area contributed by atoms with E-state index < -0.39 is 0 Å². The third kappa shape index (κ3) is 5.20. The number of hydrogen-bond acceptors (Lipinski definition) is 3. The van der Waals surface area contributed by atoms with E-state index in [1.54, 1.807) is 0 Å². The molecule has 0 aliphatic heterocycles. The molecule has 0 aliphatic carbocycles. The fourth-order valence-electron chi connectivity index (χ4n) is 1.43. The molecule has 1 aromatic rings. The molecule has 5 heteroatoms. The standard InChI is InChI=1S/C14H21BrN2O2/c1-4-14(2,3)17-13(18)9-19-12-6-5-10(8-16)7-11(12)15/h5-7H,4,8-9,16H2,1-3H3,(H,17,18). The predicted molar refractivity (Wildman–Crippen MR) is 80.0 cm³/mol. The van der Waals surface area contributed by atoms with Crippen LogP contribution in [-0.2, 0) is 11.3 Å². The van der Waals surface area contributed by atoms with Crippen LogP contribution < -0.4 is 15.8 Å². The van der Waals surface area contributed by atoms with Crippen LogP contribution in [0.2, 0.25) is 0 Å². The summed E-state index contributed by atoms with van der Waals surface area (Å²) in [6.45, 7) is 6.48. The molecule has 0 bridgehead atoms. The Balaban J connectivity index is 2.55. The van der Waals surface area contributed by atoms with Crippen LogP contribution in [0.3, 0.4) is 0 Å². The Bertz CT molecular complexity index is 447. The summed E-state index contributed by atoms with van der Waals surface area (Å²) in [5.41, 5.74) is 6.35. The van der Waals surface area contributed by atoms with Gasteiger partial charge in [0.05, 0.1) is 4.47 Å². The molecule has 0 saturated carbocycles. The number of nitrogens with two attached hydrogens (primary N) is 1. The van der Waals surface area contributed by atoms with Crippen LogP contribution in [0.5, 0.6) is 5.75 Å². The Kier molecular flexibility index (Phi) is 5.82. The van der Waals surface area contributed by atoms with E-state index in [1.807, 2.05) is 39.0 Å². The molecule has 1 amide bonds. The summed E-state index contributed by atoms with van der Waals surface area (Å²) in [4.78, 5) is 11.8. The van der Waals surface area contributed by atoms with E-state index in [1.165, 1.54) is 0 Å². The van der Waals surface area contributed by atoms with Crippen molar-refractivity contribution in [2.75, 3.05) is 6.61 Å². The largest absolute Gasteiger partial charge is 0.483 e. The number of hydrogen-bond donors (Lipinski definition) is 2. The van der Waals surface area contributed by atoms with Gasteiger partial charge >= 0.3 is 0 Å². The zero-order valence-electron chi connectivity index (χ0n) is 11.6. The van der Waals surface area contributed by atoms with Gasteiger partial charge in [-0.05, 0) is 53.9 Å². The number of carbonyl (C=O) groups is 1. The summed E-state index contributed by atoms with van der Waals surface area (Å²) in [5, 5.41) is 2.92. The van der Waals surface area contributed by atoms with E-state index in [9.17, 15) is 4.79 Å².